The van der Waals surface area contributed by atoms with E-state index in [1.165, 1.54) is 93.5 Å². The highest BCUT2D eigenvalue weighted by Gasteiger charge is 2.43. The molecule has 10 rings (SSSR count). The minimum atomic E-state index is -0.160. The Bertz CT molecular complexity index is 2520. The maximum absolute atomic E-state index is 2.62. The number of hydrogen-bond acceptors (Lipinski definition) is 0. The van der Waals surface area contributed by atoms with Crippen LogP contribution in [0.15, 0.2) is 127 Å². The molecular formula is C44H33N. The van der Waals surface area contributed by atoms with Gasteiger partial charge in [0.15, 0.2) is 0 Å². The zero-order valence-electron chi connectivity index (χ0n) is 26.1. The van der Waals surface area contributed by atoms with Crippen molar-refractivity contribution in [2.45, 2.75) is 38.5 Å². The van der Waals surface area contributed by atoms with Crippen LogP contribution in [0.1, 0.15) is 49.9 Å². The molecule has 8 aromatic rings. The van der Waals surface area contributed by atoms with Crippen molar-refractivity contribution in [1.82, 2.24) is 4.57 Å². The topological polar surface area (TPSA) is 4.93 Å². The van der Waals surface area contributed by atoms with Gasteiger partial charge in [-0.1, -0.05) is 143 Å². The summed E-state index contributed by atoms with van der Waals surface area (Å²) in [6.07, 6.45) is 0. The van der Waals surface area contributed by atoms with Crippen molar-refractivity contribution in [2.24, 2.45) is 0 Å². The summed E-state index contributed by atoms with van der Waals surface area (Å²) < 4.78 is 2.62. The lowest BCUT2D eigenvalue weighted by atomic mass is 9.68. The molecule has 0 spiro atoms. The Balaban J connectivity index is 1.41. The van der Waals surface area contributed by atoms with Crippen molar-refractivity contribution in [3.63, 3.8) is 0 Å². The smallest absolute Gasteiger partial charge is 0.0582 e. The fraction of sp³-hybridized carbons (Fsp3) is 0.136. The Kier molecular flexibility index (Phi) is 4.66. The van der Waals surface area contributed by atoms with Gasteiger partial charge in [0.25, 0.3) is 0 Å². The monoisotopic (exact) mass is 575 g/mol. The van der Waals surface area contributed by atoms with Gasteiger partial charge >= 0.3 is 0 Å². The first-order chi connectivity index (χ1) is 21.9. The molecular weight excluding hydrogens is 542 g/mol. The Labute approximate surface area is 263 Å². The first kappa shape index (κ1) is 25.2. The van der Waals surface area contributed by atoms with E-state index in [9.17, 15) is 0 Å². The SMILES string of the molecule is CC1(C)c2cccc3c2-n2c4c1cccc4c1cc(-c4c5ccccc5c(-c5ccccc5)c5ccccc45)cc(c12)C3(C)C. The zero-order chi connectivity index (χ0) is 30.2. The van der Waals surface area contributed by atoms with Crippen LogP contribution in [-0.4, -0.2) is 4.57 Å². The van der Waals surface area contributed by atoms with E-state index in [4.69, 9.17) is 0 Å². The molecule has 0 atom stereocenters. The van der Waals surface area contributed by atoms with Crippen molar-refractivity contribution >= 4 is 43.4 Å². The highest BCUT2D eigenvalue weighted by molar-refractivity contribution is 6.23. The highest BCUT2D eigenvalue weighted by Crippen LogP contribution is 2.56. The van der Waals surface area contributed by atoms with E-state index in [0.717, 1.165) is 0 Å². The van der Waals surface area contributed by atoms with Gasteiger partial charge in [0.1, 0.15) is 0 Å². The van der Waals surface area contributed by atoms with Gasteiger partial charge < -0.3 is 4.57 Å². The molecule has 0 unspecified atom stereocenters. The molecule has 45 heavy (non-hydrogen) atoms. The van der Waals surface area contributed by atoms with E-state index in [0.29, 0.717) is 0 Å². The van der Waals surface area contributed by atoms with Crippen LogP contribution in [0.5, 0.6) is 0 Å². The first-order valence-electron chi connectivity index (χ1n) is 16.1. The maximum Gasteiger partial charge on any atom is 0.0582 e. The molecule has 0 fully saturated rings. The molecule has 2 aliphatic rings. The summed E-state index contributed by atoms with van der Waals surface area (Å²) in [5.41, 5.74) is 14.7. The molecule has 0 saturated heterocycles. The second-order valence-corrected chi connectivity index (χ2v) is 14.1. The molecule has 214 valence electrons. The molecule has 2 aliphatic heterocycles. The fourth-order valence-electron chi connectivity index (χ4n) is 8.98. The van der Waals surface area contributed by atoms with Crippen LogP contribution < -0.4 is 0 Å². The van der Waals surface area contributed by atoms with E-state index < -0.39 is 0 Å². The largest absolute Gasteiger partial charge is 0.308 e. The number of rotatable bonds is 2. The van der Waals surface area contributed by atoms with Crippen LogP contribution in [-0.2, 0) is 10.8 Å². The second-order valence-electron chi connectivity index (χ2n) is 14.1. The summed E-state index contributed by atoms with van der Waals surface area (Å²) >= 11 is 0. The van der Waals surface area contributed by atoms with Crippen LogP contribution in [0, 0.1) is 0 Å². The van der Waals surface area contributed by atoms with Crippen LogP contribution in [0.2, 0.25) is 0 Å². The molecule has 0 amide bonds. The first-order valence-corrected chi connectivity index (χ1v) is 16.1. The number of aromatic nitrogens is 1. The molecule has 0 aliphatic carbocycles. The van der Waals surface area contributed by atoms with Crippen molar-refractivity contribution in [3.05, 3.63) is 150 Å². The van der Waals surface area contributed by atoms with Gasteiger partial charge in [-0.3, -0.25) is 0 Å². The normalized spacial score (nSPS) is 15.5. The lowest BCUT2D eigenvalue weighted by molar-refractivity contribution is 0.594. The molecule has 1 aromatic heterocycles. The van der Waals surface area contributed by atoms with Crippen molar-refractivity contribution in [2.75, 3.05) is 0 Å². The molecule has 7 aromatic carbocycles. The van der Waals surface area contributed by atoms with E-state index in [2.05, 4.69) is 160 Å². The molecule has 1 heteroatoms. The van der Waals surface area contributed by atoms with E-state index in [1.54, 1.807) is 0 Å². The van der Waals surface area contributed by atoms with E-state index >= 15 is 0 Å². The molecule has 1 nitrogen and oxygen atoms in total. The average Bonchev–Trinajstić information content (AvgIpc) is 3.40. The Hall–Kier alpha value is -5.14. The zero-order valence-corrected chi connectivity index (χ0v) is 26.1. The van der Waals surface area contributed by atoms with Gasteiger partial charge in [0.2, 0.25) is 0 Å². The van der Waals surface area contributed by atoms with Gasteiger partial charge in [-0.05, 0) is 78.2 Å². The maximum atomic E-state index is 2.62. The predicted molar refractivity (Wildman–Crippen MR) is 191 cm³/mol. The minimum absolute atomic E-state index is 0.0781. The molecule has 3 heterocycles. The highest BCUT2D eigenvalue weighted by atomic mass is 15.0. The van der Waals surface area contributed by atoms with E-state index in [-0.39, 0.29) is 10.8 Å². The van der Waals surface area contributed by atoms with Gasteiger partial charge in [0.05, 0.1) is 16.7 Å². The van der Waals surface area contributed by atoms with E-state index in [1.807, 2.05) is 0 Å². The summed E-state index contributed by atoms with van der Waals surface area (Å²) in [4.78, 5) is 0. The quantitative estimate of drug-likeness (QED) is 0.181. The van der Waals surface area contributed by atoms with Crippen molar-refractivity contribution < 1.29 is 0 Å². The van der Waals surface area contributed by atoms with Gasteiger partial charge in [-0.15, -0.1) is 0 Å². The number of hydrogen-bond donors (Lipinski definition) is 0. The second kappa shape index (κ2) is 8.31. The molecule has 0 N–H and O–H groups in total. The molecule has 0 bridgehead atoms. The van der Waals surface area contributed by atoms with Crippen LogP contribution >= 0.6 is 0 Å². The minimum Gasteiger partial charge on any atom is -0.308 e. The molecule has 0 saturated carbocycles. The predicted octanol–water partition coefficient (Wildman–Crippen LogP) is 11.7. The summed E-state index contributed by atoms with van der Waals surface area (Å²) in [6, 6.07) is 47.9. The van der Waals surface area contributed by atoms with Crippen LogP contribution in [0.3, 0.4) is 0 Å². The number of fused-ring (bicyclic) bond motifs is 3. The average molecular weight is 576 g/mol. The summed E-state index contributed by atoms with van der Waals surface area (Å²) in [5, 5.41) is 7.90. The number of benzene rings is 7. The van der Waals surface area contributed by atoms with Gasteiger partial charge in [0, 0.05) is 21.6 Å². The molecule has 0 radical (unpaired) electrons. The van der Waals surface area contributed by atoms with Gasteiger partial charge in [-0.25, -0.2) is 0 Å². The third-order valence-electron chi connectivity index (χ3n) is 11.1. The summed E-state index contributed by atoms with van der Waals surface area (Å²) in [7, 11) is 0. The van der Waals surface area contributed by atoms with Crippen LogP contribution in [0.25, 0.3) is 71.3 Å². The van der Waals surface area contributed by atoms with Crippen molar-refractivity contribution in [3.8, 4) is 27.9 Å². The fourth-order valence-corrected chi connectivity index (χ4v) is 8.98. The lowest BCUT2D eigenvalue weighted by Gasteiger charge is -2.42. The Morgan fingerprint density at radius 2 is 0.844 bits per heavy atom. The third-order valence-corrected chi connectivity index (χ3v) is 11.1. The Morgan fingerprint density at radius 1 is 0.378 bits per heavy atom. The van der Waals surface area contributed by atoms with Gasteiger partial charge in [-0.2, -0.15) is 0 Å². The third kappa shape index (κ3) is 2.99. The Morgan fingerprint density at radius 3 is 1.47 bits per heavy atom. The summed E-state index contributed by atoms with van der Waals surface area (Å²) in [6.45, 7) is 9.66. The van der Waals surface area contributed by atoms with Crippen molar-refractivity contribution in [1.29, 1.82) is 0 Å². The standard InChI is InChI=1S/C44H33N/c1-43(2)34-21-12-20-32-33-24-27(25-37-41(33)45(40(32)34)42-35(43)22-13-23-36(42)44(37,3)4)39-30-18-10-8-16-28(30)38(26-14-6-5-7-15-26)29-17-9-11-19-31(29)39/h5-25H,1-4H3. The number of nitrogens with zero attached hydrogens (tertiary/aromatic N) is 1. The number of para-hydroxylation sites is 2. The lowest BCUT2D eigenvalue weighted by Crippen LogP contribution is -2.33. The van der Waals surface area contributed by atoms with Crippen LogP contribution in [0.4, 0.5) is 0 Å². The summed E-state index contributed by atoms with van der Waals surface area (Å²) in [5.74, 6) is 0.